The largest absolute Gasteiger partial charge is 0.389 e. The van der Waals surface area contributed by atoms with Crippen molar-refractivity contribution < 1.29 is 10.2 Å². The number of halogens is 1. The van der Waals surface area contributed by atoms with E-state index in [1.165, 1.54) is 18.1 Å². The zero-order chi connectivity index (χ0) is 18.3. The Balaban J connectivity index is 1.61. The summed E-state index contributed by atoms with van der Waals surface area (Å²) >= 11 is 7.46. The maximum absolute atomic E-state index is 10.6. The molecule has 1 saturated carbocycles. The van der Waals surface area contributed by atoms with Crippen LogP contribution in [0.5, 0.6) is 0 Å². The molecule has 0 unspecified atom stereocenters. The second kappa shape index (κ2) is 7.05. The number of hydrogen-bond acceptors (Lipinski definition) is 7. The summed E-state index contributed by atoms with van der Waals surface area (Å²) in [7, 11) is 0. The molecule has 1 aliphatic rings. The van der Waals surface area contributed by atoms with Gasteiger partial charge in [0.1, 0.15) is 18.1 Å². The van der Waals surface area contributed by atoms with Crippen LogP contribution in [0.3, 0.4) is 0 Å². The van der Waals surface area contributed by atoms with E-state index in [9.17, 15) is 10.2 Å². The molecule has 9 heteroatoms. The number of nitrogens with two attached hydrogens (primary N) is 1. The minimum atomic E-state index is -0.889. The minimum absolute atomic E-state index is 0.137. The van der Waals surface area contributed by atoms with E-state index in [1.807, 2.05) is 41.1 Å². The number of rotatable bonds is 4. The molecule has 0 radical (unpaired) electrons. The molecule has 136 valence electrons. The number of benzene rings is 1. The quantitative estimate of drug-likeness (QED) is 0.398. The maximum atomic E-state index is 10.6. The number of nitrogen functional groups attached to an aromatic ring is 1. The Morgan fingerprint density at radius 2 is 1.92 bits per heavy atom. The predicted octanol–water partition coefficient (Wildman–Crippen LogP) is 2.20. The summed E-state index contributed by atoms with van der Waals surface area (Å²) in [5.74, 6) is 6.02. The lowest BCUT2D eigenvalue weighted by Gasteiger charge is -2.18. The van der Waals surface area contributed by atoms with Crippen molar-refractivity contribution in [3.63, 3.8) is 0 Å². The lowest BCUT2D eigenvalue weighted by molar-refractivity contribution is 0.0260. The smallest absolute Gasteiger partial charge is 0.152 e. The van der Waals surface area contributed by atoms with Gasteiger partial charge in [0.25, 0.3) is 0 Å². The fourth-order valence-corrected chi connectivity index (χ4v) is 4.76. The van der Waals surface area contributed by atoms with Gasteiger partial charge in [0, 0.05) is 21.4 Å². The van der Waals surface area contributed by atoms with E-state index in [4.69, 9.17) is 17.4 Å². The number of aliphatic hydroxyl groups excluding tert-OH is 2. The van der Waals surface area contributed by atoms with Gasteiger partial charge in [-0.2, -0.15) is 0 Å². The number of aliphatic hydroxyl groups is 2. The first-order chi connectivity index (χ1) is 12.6. The summed E-state index contributed by atoms with van der Waals surface area (Å²) in [4.78, 5) is 9.41. The molecule has 2 aromatic heterocycles. The van der Waals surface area contributed by atoms with Crippen molar-refractivity contribution in [2.24, 2.45) is 5.84 Å². The predicted molar refractivity (Wildman–Crippen MR) is 102 cm³/mol. The number of nitrogens with zero attached hydrogens (tertiary/aromatic N) is 3. The van der Waals surface area contributed by atoms with Crippen LogP contribution < -0.4 is 11.3 Å². The molecule has 0 saturated heterocycles. The van der Waals surface area contributed by atoms with Gasteiger partial charge in [-0.3, -0.25) is 0 Å². The van der Waals surface area contributed by atoms with Gasteiger partial charge < -0.3 is 20.2 Å². The molecule has 4 atom stereocenters. The highest BCUT2D eigenvalue weighted by Crippen LogP contribution is 2.42. The van der Waals surface area contributed by atoms with Crippen LogP contribution in [-0.4, -0.2) is 42.2 Å². The average Bonchev–Trinajstić information content (AvgIpc) is 3.20. The third-order valence-corrected chi connectivity index (χ3v) is 6.27. The van der Waals surface area contributed by atoms with Gasteiger partial charge in [0.05, 0.1) is 17.5 Å². The Kier molecular flexibility index (Phi) is 4.76. The molecule has 0 aliphatic heterocycles. The highest BCUT2D eigenvalue weighted by molar-refractivity contribution is 8.00. The molecular formula is C17H18ClN5O2S. The van der Waals surface area contributed by atoms with Gasteiger partial charge in [-0.1, -0.05) is 11.6 Å². The number of hydrazine groups is 1. The monoisotopic (exact) mass is 391 g/mol. The third-order valence-electron chi connectivity index (χ3n) is 4.70. The third kappa shape index (κ3) is 3.04. The summed E-state index contributed by atoms with van der Waals surface area (Å²) in [5.41, 5.74) is 3.22. The fraction of sp³-hybridized carbons (Fsp3) is 0.294. The van der Waals surface area contributed by atoms with E-state index in [0.29, 0.717) is 22.9 Å². The van der Waals surface area contributed by atoms with Crippen LogP contribution in [0.25, 0.3) is 11.0 Å². The molecule has 2 heterocycles. The molecule has 1 fully saturated rings. The van der Waals surface area contributed by atoms with Gasteiger partial charge in [0.2, 0.25) is 0 Å². The van der Waals surface area contributed by atoms with Crippen molar-refractivity contribution in [1.82, 2.24) is 14.5 Å². The van der Waals surface area contributed by atoms with Crippen LogP contribution in [0.4, 0.5) is 5.82 Å². The van der Waals surface area contributed by atoms with E-state index in [2.05, 4.69) is 15.4 Å². The molecule has 0 amide bonds. The molecule has 1 aromatic carbocycles. The Morgan fingerprint density at radius 3 is 2.65 bits per heavy atom. The van der Waals surface area contributed by atoms with Crippen LogP contribution in [0.1, 0.15) is 12.5 Å². The highest BCUT2D eigenvalue weighted by atomic mass is 35.5. The number of fused-ring (bicyclic) bond motifs is 1. The van der Waals surface area contributed by atoms with E-state index in [-0.39, 0.29) is 11.3 Å². The van der Waals surface area contributed by atoms with E-state index in [0.717, 1.165) is 10.3 Å². The molecule has 4 rings (SSSR count). The fourth-order valence-electron chi connectivity index (χ4n) is 3.40. The molecule has 0 spiro atoms. The Morgan fingerprint density at radius 1 is 1.15 bits per heavy atom. The summed E-state index contributed by atoms with van der Waals surface area (Å²) in [6.45, 7) is 0. The lowest BCUT2D eigenvalue weighted by Crippen LogP contribution is -2.30. The van der Waals surface area contributed by atoms with Crippen molar-refractivity contribution >= 4 is 40.2 Å². The molecule has 26 heavy (non-hydrogen) atoms. The number of anilines is 1. The summed E-state index contributed by atoms with van der Waals surface area (Å²) < 4.78 is 1.88. The first-order valence-electron chi connectivity index (χ1n) is 8.15. The Bertz CT molecular complexity index is 919. The Labute approximate surface area is 159 Å². The summed E-state index contributed by atoms with van der Waals surface area (Å²) in [5, 5.41) is 22.5. The van der Waals surface area contributed by atoms with E-state index < -0.39 is 12.2 Å². The second-order valence-corrected chi connectivity index (χ2v) is 7.97. The SMILES string of the molecule is NNc1ncnc2c1ccn2[C@@H]1C[C@H](Sc2ccc(Cl)cc2)[C@@H](O)[C@H]1O. The van der Waals surface area contributed by atoms with Gasteiger partial charge >= 0.3 is 0 Å². The van der Waals surface area contributed by atoms with Gasteiger partial charge in [-0.15, -0.1) is 11.8 Å². The normalized spacial score (nSPS) is 25.7. The molecule has 0 bridgehead atoms. The maximum Gasteiger partial charge on any atom is 0.152 e. The number of thioether (sulfide) groups is 1. The number of aromatic nitrogens is 3. The highest BCUT2D eigenvalue weighted by Gasteiger charge is 2.43. The zero-order valence-electron chi connectivity index (χ0n) is 13.7. The summed E-state index contributed by atoms with van der Waals surface area (Å²) in [6, 6.07) is 9.03. The summed E-state index contributed by atoms with van der Waals surface area (Å²) in [6.07, 6.45) is 2.14. The van der Waals surface area contributed by atoms with E-state index >= 15 is 0 Å². The van der Waals surface area contributed by atoms with Crippen LogP contribution in [0, 0.1) is 0 Å². The van der Waals surface area contributed by atoms with Crippen molar-refractivity contribution in [2.45, 2.75) is 34.8 Å². The topological polar surface area (TPSA) is 109 Å². The van der Waals surface area contributed by atoms with Gasteiger partial charge in [-0.05, 0) is 36.8 Å². The van der Waals surface area contributed by atoms with Crippen molar-refractivity contribution in [1.29, 1.82) is 0 Å². The lowest BCUT2D eigenvalue weighted by atomic mass is 10.2. The van der Waals surface area contributed by atoms with E-state index in [1.54, 1.807) is 0 Å². The average molecular weight is 392 g/mol. The molecule has 3 aromatic rings. The van der Waals surface area contributed by atoms with Crippen molar-refractivity contribution in [3.05, 3.63) is 47.9 Å². The second-order valence-electron chi connectivity index (χ2n) is 6.22. The molecule has 5 N–H and O–H groups in total. The Hall–Kier alpha value is -1.84. The molecule has 7 nitrogen and oxygen atoms in total. The number of hydrogen-bond donors (Lipinski definition) is 4. The van der Waals surface area contributed by atoms with Crippen LogP contribution in [0.2, 0.25) is 5.02 Å². The molecular weight excluding hydrogens is 374 g/mol. The van der Waals surface area contributed by atoms with Crippen molar-refractivity contribution in [3.8, 4) is 0 Å². The zero-order valence-corrected chi connectivity index (χ0v) is 15.2. The first-order valence-corrected chi connectivity index (χ1v) is 9.40. The van der Waals surface area contributed by atoms with Crippen LogP contribution in [0.15, 0.2) is 47.8 Å². The molecule has 1 aliphatic carbocycles. The van der Waals surface area contributed by atoms with Gasteiger partial charge in [-0.25, -0.2) is 15.8 Å². The van der Waals surface area contributed by atoms with Crippen LogP contribution in [-0.2, 0) is 0 Å². The first kappa shape index (κ1) is 17.6. The van der Waals surface area contributed by atoms with Crippen molar-refractivity contribution in [2.75, 3.05) is 5.43 Å². The minimum Gasteiger partial charge on any atom is -0.389 e. The van der Waals surface area contributed by atoms with Crippen LogP contribution >= 0.6 is 23.4 Å². The standard InChI is InChI=1S/C17H18ClN5O2S/c18-9-1-3-10(4-2-9)26-13-7-12(14(24)15(13)25)23-6-5-11-16(22-19)20-8-21-17(11)23/h1-6,8,12-15,24-25H,7,19H2,(H,20,21,22)/t12-,13+,14+,15-/m1/s1. The number of nitrogens with one attached hydrogen (secondary N) is 1. The van der Waals surface area contributed by atoms with Gasteiger partial charge in [0.15, 0.2) is 5.82 Å².